The summed E-state index contributed by atoms with van der Waals surface area (Å²) in [4.78, 5) is 0. The summed E-state index contributed by atoms with van der Waals surface area (Å²) in [6.07, 6.45) is 0. The van der Waals surface area contributed by atoms with E-state index in [1.54, 1.807) is 12.1 Å². The average molecular weight is 338 g/mol. The van der Waals surface area contributed by atoms with Crippen molar-refractivity contribution in [1.82, 2.24) is 5.32 Å². The van der Waals surface area contributed by atoms with Crippen molar-refractivity contribution < 1.29 is 9.13 Å². The normalized spacial score (nSPS) is 12.2. The summed E-state index contributed by atoms with van der Waals surface area (Å²) in [5.41, 5.74) is 1.52. The molecule has 0 saturated heterocycles. The van der Waals surface area contributed by atoms with Crippen LogP contribution in [0.25, 0.3) is 0 Å². The Bertz CT molecular complexity index is 588. The van der Waals surface area contributed by atoms with Gasteiger partial charge < -0.3 is 10.1 Å². The number of rotatable bonds is 5. The smallest absolute Gasteiger partial charge is 0.128 e. The van der Waals surface area contributed by atoms with Crippen molar-refractivity contribution >= 4 is 15.9 Å². The molecule has 0 spiro atoms. The zero-order valence-corrected chi connectivity index (χ0v) is 13.1. The second-order valence-corrected chi connectivity index (χ2v) is 5.27. The number of halogens is 2. The van der Waals surface area contributed by atoms with Gasteiger partial charge in [0.2, 0.25) is 0 Å². The molecule has 0 heterocycles. The Labute approximate surface area is 127 Å². The van der Waals surface area contributed by atoms with E-state index in [1.807, 2.05) is 38.2 Å². The highest BCUT2D eigenvalue weighted by atomic mass is 79.9. The molecule has 0 saturated carbocycles. The lowest BCUT2D eigenvalue weighted by atomic mass is 9.97. The van der Waals surface area contributed by atoms with Gasteiger partial charge in [-0.25, -0.2) is 4.39 Å². The Morgan fingerprint density at radius 2 is 1.95 bits per heavy atom. The topological polar surface area (TPSA) is 21.3 Å². The highest BCUT2D eigenvalue weighted by molar-refractivity contribution is 9.10. The molecular weight excluding hydrogens is 321 g/mol. The maximum Gasteiger partial charge on any atom is 0.128 e. The molecule has 2 aromatic carbocycles. The highest BCUT2D eigenvalue weighted by Gasteiger charge is 2.19. The van der Waals surface area contributed by atoms with Gasteiger partial charge in [0.1, 0.15) is 11.6 Å². The van der Waals surface area contributed by atoms with Crippen molar-refractivity contribution in [3.05, 3.63) is 63.9 Å². The maximum absolute atomic E-state index is 14.1. The van der Waals surface area contributed by atoms with Crippen molar-refractivity contribution in [2.24, 2.45) is 0 Å². The Kier molecular flexibility index (Phi) is 5.15. The number of hydrogen-bond acceptors (Lipinski definition) is 2. The fourth-order valence-corrected chi connectivity index (χ4v) is 2.60. The summed E-state index contributed by atoms with van der Waals surface area (Å²) in [6.45, 7) is 2.51. The van der Waals surface area contributed by atoms with Gasteiger partial charge in [0.05, 0.1) is 12.6 Å². The molecule has 2 aromatic rings. The second kappa shape index (κ2) is 6.86. The quantitative estimate of drug-likeness (QED) is 0.878. The van der Waals surface area contributed by atoms with Gasteiger partial charge in [-0.05, 0) is 38.2 Å². The van der Waals surface area contributed by atoms with E-state index in [-0.39, 0.29) is 11.9 Å². The van der Waals surface area contributed by atoms with Crippen molar-refractivity contribution in [3.8, 4) is 5.75 Å². The first kappa shape index (κ1) is 15.0. The van der Waals surface area contributed by atoms with Gasteiger partial charge >= 0.3 is 0 Å². The van der Waals surface area contributed by atoms with Crippen LogP contribution in [-0.2, 0) is 0 Å². The summed E-state index contributed by atoms with van der Waals surface area (Å²) in [5.74, 6) is 0.535. The van der Waals surface area contributed by atoms with Gasteiger partial charge in [0, 0.05) is 15.6 Å². The van der Waals surface area contributed by atoms with Gasteiger partial charge in [-0.15, -0.1) is 0 Å². The molecule has 0 aliphatic heterocycles. The molecule has 2 rings (SSSR count). The second-order valence-electron chi connectivity index (χ2n) is 4.36. The van der Waals surface area contributed by atoms with Crippen molar-refractivity contribution in [1.29, 1.82) is 0 Å². The lowest BCUT2D eigenvalue weighted by Crippen LogP contribution is -2.20. The zero-order chi connectivity index (χ0) is 14.5. The predicted octanol–water partition coefficient (Wildman–Crippen LogP) is 4.30. The van der Waals surface area contributed by atoms with Gasteiger partial charge in [-0.2, -0.15) is 0 Å². The van der Waals surface area contributed by atoms with Crippen LogP contribution in [0.1, 0.15) is 24.1 Å². The standard InChI is InChI=1S/C16H17BrFNO/c1-3-20-15-7-5-4-6-12(15)16(19-2)13-10-11(17)8-9-14(13)18/h4-10,16,19H,3H2,1-2H3. The maximum atomic E-state index is 14.1. The molecule has 1 unspecified atom stereocenters. The van der Waals surface area contributed by atoms with Crippen LogP contribution >= 0.6 is 15.9 Å². The van der Waals surface area contributed by atoms with Crippen LogP contribution in [0.4, 0.5) is 4.39 Å². The molecule has 0 aliphatic rings. The molecule has 0 fully saturated rings. The first-order chi connectivity index (χ1) is 9.67. The summed E-state index contributed by atoms with van der Waals surface area (Å²) in [5, 5.41) is 3.16. The van der Waals surface area contributed by atoms with Crippen LogP contribution in [0.15, 0.2) is 46.9 Å². The van der Waals surface area contributed by atoms with Crippen molar-refractivity contribution in [2.45, 2.75) is 13.0 Å². The number of hydrogen-bond donors (Lipinski definition) is 1. The number of ether oxygens (including phenoxy) is 1. The summed E-state index contributed by atoms with van der Waals surface area (Å²) in [6, 6.07) is 12.4. The van der Waals surface area contributed by atoms with E-state index in [0.717, 1.165) is 15.8 Å². The lowest BCUT2D eigenvalue weighted by molar-refractivity contribution is 0.334. The minimum absolute atomic E-state index is 0.237. The Morgan fingerprint density at radius 1 is 1.20 bits per heavy atom. The van der Waals surface area contributed by atoms with Gasteiger partial charge in [-0.3, -0.25) is 0 Å². The van der Waals surface area contributed by atoms with E-state index >= 15 is 0 Å². The van der Waals surface area contributed by atoms with Crippen LogP contribution in [0.2, 0.25) is 0 Å². The summed E-state index contributed by atoms with van der Waals surface area (Å²) >= 11 is 3.39. The predicted molar refractivity (Wildman–Crippen MR) is 82.6 cm³/mol. The number of para-hydroxylation sites is 1. The largest absolute Gasteiger partial charge is 0.494 e. The van der Waals surface area contributed by atoms with Gasteiger partial charge in [0.15, 0.2) is 0 Å². The molecule has 2 nitrogen and oxygen atoms in total. The van der Waals surface area contributed by atoms with Crippen LogP contribution < -0.4 is 10.1 Å². The Hall–Kier alpha value is -1.39. The summed E-state index contributed by atoms with van der Waals surface area (Å²) < 4.78 is 20.6. The lowest BCUT2D eigenvalue weighted by Gasteiger charge is -2.21. The molecule has 106 valence electrons. The third-order valence-corrected chi connectivity index (χ3v) is 3.58. The molecule has 0 amide bonds. The summed E-state index contributed by atoms with van der Waals surface area (Å²) in [7, 11) is 1.81. The van der Waals surface area contributed by atoms with Gasteiger partial charge in [0.25, 0.3) is 0 Å². The first-order valence-corrected chi connectivity index (χ1v) is 7.30. The van der Waals surface area contributed by atoms with Crippen LogP contribution in [0, 0.1) is 5.82 Å². The molecule has 1 atom stereocenters. The van der Waals surface area contributed by atoms with E-state index in [9.17, 15) is 4.39 Å². The Balaban J connectivity index is 2.49. The average Bonchev–Trinajstić information content (AvgIpc) is 2.45. The van der Waals surface area contributed by atoms with E-state index in [1.165, 1.54) is 6.07 Å². The fourth-order valence-electron chi connectivity index (χ4n) is 2.22. The molecule has 0 aromatic heterocycles. The zero-order valence-electron chi connectivity index (χ0n) is 11.5. The minimum Gasteiger partial charge on any atom is -0.494 e. The highest BCUT2D eigenvalue weighted by Crippen LogP contribution is 2.32. The minimum atomic E-state index is -0.254. The monoisotopic (exact) mass is 337 g/mol. The van der Waals surface area contributed by atoms with Crippen LogP contribution in [0.5, 0.6) is 5.75 Å². The van der Waals surface area contributed by atoms with E-state index in [2.05, 4.69) is 21.2 Å². The number of nitrogens with one attached hydrogen (secondary N) is 1. The molecular formula is C16H17BrFNO. The molecule has 0 aliphatic carbocycles. The Morgan fingerprint density at radius 3 is 2.65 bits per heavy atom. The first-order valence-electron chi connectivity index (χ1n) is 6.51. The third kappa shape index (κ3) is 3.19. The molecule has 20 heavy (non-hydrogen) atoms. The van der Waals surface area contributed by atoms with Crippen LogP contribution in [0.3, 0.4) is 0 Å². The SMILES string of the molecule is CCOc1ccccc1C(NC)c1cc(Br)ccc1F. The van der Waals surface area contributed by atoms with E-state index in [4.69, 9.17) is 4.74 Å². The fraction of sp³-hybridized carbons (Fsp3) is 0.250. The molecule has 0 bridgehead atoms. The van der Waals surface area contributed by atoms with Crippen LogP contribution in [-0.4, -0.2) is 13.7 Å². The van der Waals surface area contributed by atoms with E-state index < -0.39 is 0 Å². The van der Waals surface area contributed by atoms with Crippen molar-refractivity contribution in [3.63, 3.8) is 0 Å². The molecule has 4 heteroatoms. The van der Waals surface area contributed by atoms with Gasteiger partial charge in [-0.1, -0.05) is 34.1 Å². The number of benzene rings is 2. The van der Waals surface area contributed by atoms with Crippen molar-refractivity contribution in [2.75, 3.05) is 13.7 Å². The van der Waals surface area contributed by atoms with E-state index in [0.29, 0.717) is 12.2 Å². The molecule has 0 radical (unpaired) electrons. The third-order valence-electron chi connectivity index (χ3n) is 3.09. The molecule has 1 N–H and O–H groups in total.